The van der Waals surface area contributed by atoms with Crippen LogP contribution in [-0.2, 0) is 4.74 Å². The molecule has 0 aromatic carbocycles. The Morgan fingerprint density at radius 3 is 2.55 bits per heavy atom. The van der Waals surface area contributed by atoms with Crippen molar-refractivity contribution in [2.45, 2.75) is 12.5 Å². The van der Waals surface area contributed by atoms with Gasteiger partial charge in [-0.2, -0.15) is 10.6 Å². The van der Waals surface area contributed by atoms with Crippen molar-refractivity contribution in [3.05, 3.63) is 0 Å². The summed E-state index contributed by atoms with van der Waals surface area (Å²) in [6.07, 6.45) is -1.47. The first-order valence-electron chi connectivity index (χ1n) is 3.13. The molecule has 1 heterocycles. The van der Waals surface area contributed by atoms with Gasteiger partial charge in [0.25, 0.3) is 0 Å². The zero-order chi connectivity index (χ0) is 8.48. The van der Waals surface area contributed by atoms with Gasteiger partial charge in [0.2, 0.25) is 0 Å². The fraction of sp³-hybridized carbons (Fsp3) is 0.800. The maximum Gasteiger partial charge on any atom is 0.506 e. The van der Waals surface area contributed by atoms with Crippen molar-refractivity contribution >= 4 is 16.7 Å². The molecule has 1 unspecified atom stereocenters. The molecule has 0 saturated carbocycles. The van der Waals surface area contributed by atoms with E-state index in [1.165, 1.54) is 0 Å². The SMILES string of the molecule is O=C(O)OC1CCS(O)(O)C1. The summed E-state index contributed by atoms with van der Waals surface area (Å²) in [4.78, 5) is 9.99. The molecule has 66 valence electrons. The molecule has 1 atom stereocenters. The third kappa shape index (κ3) is 2.57. The van der Waals surface area contributed by atoms with Gasteiger partial charge in [-0.15, -0.1) is 0 Å². The van der Waals surface area contributed by atoms with Crippen LogP contribution < -0.4 is 0 Å². The molecule has 3 N–H and O–H groups in total. The van der Waals surface area contributed by atoms with Gasteiger partial charge < -0.3 is 9.84 Å². The monoisotopic (exact) mass is 182 g/mol. The standard InChI is InChI=1S/C5H10O5S/c6-5(7)10-4-1-2-11(8,9)3-4/h4,8-9H,1-3H2,(H,6,7). The minimum absolute atomic E-state index is 0.0549. The molecule has 11 heavy (non-hydrogen) atoms. The Balaban J connectivity index is 2.36. The Hall–Kier alpha value is -0.460. The first-order valence-corrected chi connectivity index (χ1v) is 5.01. The molecule has 1 rings (SSSR count). The van der Waals surface area contributed by atoms with E-state index in [0.717, 1.165) is 0 Å². The van der Waals surface area contributed by atoms with Gasteiger partial charge in [0, 0.05) is 12.2 Å². The van der Waals surface area contributed by atoms with Gasteiger partial charge in [-0.3, -0.25) is 9.11 Å². The first kappa shape index (κ1) is 8.63. The van der Waals surface area contributed by atoms with E-state index in [0.29, 0.717) is 6.42 Å². The maximum absolute atomic E-state index is 9.99. The van der Waals surface area contributed by atoms with Gasteiger partial charge in [-0.1, -0.05) is 0 Å². The summed E-state index contributed by atoms with van der Waals surface area (Å²) in [6.45, 7) is 0. The van der Waals surface area contributed by atoms with Crippen LogP contribution in [0.25, 0.3) is 0 Å². The summed E-state index contributed by atoms with van der Waals surface area (Å²) < 4.78 is 22.5. The van der Waals surface area contributed by atoms with Crippen molar-refractivity contribution in [2.75, 3.05) is 11.5 Å². The van der Waals surface area contributed by atoms with Crippen LogP contribution in [0.15, 0.2) is 0 Å². The van der Waals surface area contributed by atoms with E-state index in [4.69, 9.17) is 14.2 Å². The van der Waals surface area contributed by atoms with Gasteiger partial charge in [-0.05, 0) is 0 Å². The van der Waals surface area contributed by atoms with Crippen LogP contribution in [0.1, 0.15) is 6.42 Å². The lowest BCUT2D eigenvalue weighted by molar-refractivity contribution is 0.0616. The van der Waals surface area contributed by atoms with Crippen molar-refractivity contribution in [3.8, 4) is 0 Å². The fourth-order valence-electron chi connectivity index (χ4n) is 1.02. The highest BCUT2D eigenvalue weighted by atomic mass is 32.3. The summed E-state index contributed by atoms with van der Waals surface area (Å²) in [5, 5.41) is 8.17. The molecule has 0 aliphatic carbocycles. The number of ether oxygens (including phenoxy) is 1. The smallest absolute Gasteiger partial charge is 0.450 e. The molecular formula is C5H10O5S. The lowest BCUT2D eigenvalue weighted by Gasteiger charge is -2.25. The lowest BCUT2D eigenvalue weighted by atomic mass is 10.3. The second-order valence-electron chi connectivity index (χ2n) is 2.47. The number of carbonyl (C=O) groups is 1. The molecule has 0 amide bonds. The van der Waals surface area contributed by atoms with Crippen LogP contribution in [0.2, 0.25) is 0 Å². The van der Waals surface area contributed by atoms with Gasteiger partial charge in [0.05, 0.1) is 5.75 Å². The van der Waals surface area contributed by atoms with E-state index in [-0.39, 0.29) is 11.5 Å². The molecule has 1 saturated heterocycles. The molecule has 0 radical (unpaired) electrons. The Bertz CT molecular complexity index is 168. The Kier molecular flexibility index (Phi) is 2.26. The highest BCUT2D eigenvalue weighted by Gasteiger charge is 2.30. The predicted molar refractivity (Wildman–Crippen MR) is 40.1 cm³/mol. The van der Waals surface area contributed by atoms with Crippen LogP contribution in [0.5, 0.6) is 0 Å². The Morgan fingerprint density at radius 2 is 2.18 bits per heavy atom. The minimum Gasteiger partial charge on any atom is -0.450 e. The van der Waals surface area contributed by atoms with Crippen LogP contribution in [-0.4, -0.2) is 38.0 Å². The number of hydrogen-bond donors (Lipinski definition) is 3. The highest BCUT2D eigenvalue weighted by Crippen LogP contribution is 2.46. The molecule has 0 aromatic heterocycles. The van der Waals surface area contributed by atoms with Gasteiger partial charge in [0.1, 0.15) is 6.10 Å². The van der Waals surface area contributed by atoms with E-state index in [1.54, 1.807) is 0 Å². The second-order valence-corrected chi connectivity index (χ2v) is 4.81. The molecule has 1 aliphatic rings. The Morgan fingerprint density at radius 1 is 1.55 bits per heavy atom. The summed E-state index contributed by atoms with van der Waals surface area (Å²) in [5.74, 6) is 0.310. The summed E-state index contributed by atoms with van der Waals surface area (Å²) in [7, 11) is -2.53. The van der Waals surface area contributed by atoms with E-state index >= 15 is 0 Å². The summed E-state index contributed by atoms with van der Waals surface area (Å²) in [6, 6.07) is 0. The predicted octanol–water partition coefficient (Wildman–Crippen LogP) is 1.20. The third-order valence-electron chi connectivity index (χ3n) is 1.49. The van der Waals surface area contributed by atoms with E-state index in [1.807, 2.05) is 0 Å². The topological polar surface area (TPSA) is 87.0 Å². The molecule has 0 aromatic rings. The van der Waals surface area contributed by atoms with E-state index < -0.39 is 22.8 Å². The van der Waals surface area contributed by atoms with Crippen LogP contribution in [0.4, 0.5) is 4.79 Å². The molecule has 1 fully saturated rings. The van der Waals surface area contributed by atoms with Gasteiger partial charge >= 0.3 is 6.16 Å². The molecule has 0 spiro atoms. The van der Waals surface area contributed by atoms with Crippen LogP contribution >= 0.6 is 10.6 Å². The van der Waals surface area contributed by atoms with E-state index in [9.17, 15) is 4.79 Å². The van der Waals surface area contributed by atoms with Crippen LogP contribution in [0.3, 0.4) is 0 Å². The molecular weight excluding hydrogens is 172 g/mol. The lowest BCUT2D eigenvalue weighted by Crippen LogP contribution is -2.16. The molecule has 6 heteroatoms. The largest absolute Gasteiger partial charge is 0.506 e. The second kappa shape index (κ2) is 2.88. The van der Waals surface area contributed by atoms with Crippen LogP contribution in [0, 0.1) is 0 Å². The fourth-order valence-corrected chi connectivity index (χ4v) is 2.66. The molecule has 1 aliphatic heterocycles. The molecule has 0 bridgehead atoms. The maximum atomic E-state index is 9.99. The minimum atomic E-state index is -2.53. The van der Waals surface area contributed by atoms with Gasteiger partial charge in [0.15, 0.2) is 0 Å². The van der Waals surface area contributed by atoms with Crippen molar-refractivity contribution in [2.24, 2.45) is 0 Å². The average Bonchev–Trinajstić information content (AvgIpc) is 2.08. The van der Waals surface area contributed by atoms with E-state index in [2.05, 4.69) is 4.74 Å². The summed E-state index contributed by atoms with van der Waals surface area (Å²) in [5.41, 5.74) is 0. The zero-order valence-corrected chi connectivity index (χ0v) is 6.58. The quantitative estimate of drug-likeness (QED) is 0.530. The third-order valence-corrected chi connectivity index (χ3v) is 3.28. The zero-order valence-electron chi connectivity index (χ0n) is 5.77. The number of carboxylic acid groups (broad SMARTS) is 1. The highest BCUT2D eigenvalue weighted by molar-refractivity contribution is 8.24. The average molecular weight is 182 g/mol. The normalized spacial score (nSPS) is 31.3. The van der Waals surface area contributed by atoms with Crippen molar-refractivity contribution < 1.29 is 23.7 Å². The summed E-state index contributed by atoms with van der Waals surface area (Å²) >= 11 is 0. The number of rotatable bonds is 1. The molecule has 5 nitrogen and oxygen atoms in total. The van der Waals surface area contributed by atoms with Gasteiger partial charge in [-0.25, -0.2) is 4.79 Å². The number of hydrogen-bond acceptors (Lipinski definition) is 4. The first-order chi connectivity index (χ1) is 4.99. The van der Waals surface area contributed by atoms with Crippen molar-refractivity contribution in [1.29, 1.82) is 0 Å². The van der Waals surface area contributed by atoms with Crippen molar-refractivity contribution in [3.63, 3.8) is 0 Å². The van der Waals surface area contributed by atoms with Crippen molar-refractivity contribution in [1.82, 2.24) is 0 Å². The Labute approximate surface area is 65.3 Å².